The molecule has 0 aromatic heterocycles. The molecule has 0 radical (unpaired) electrons. The number of halogens is 1. The molecule has 4 nitrogen and oxygen atoms in total. The van der Waals surface area contributed by atoms with E-state index in [1.54, 1.807) is 25.3 Å². The van der Waals surface area contributed by atoms with Gasteiger partial charge in [0.15, 0.2) is 5.11 Å². The molecule has 6 heteroatoms. The van der Waals surface area contributed by atoms with Gasteiger partial charge in [0.05, 0.1) is 18.4 Å². The second-order valence-corrected chi connectivity index (χ2v) is 4.95. The van der Waals surface area contributed by atoms with E-state index in [1.807, 2.05) is 24.3 Å². The number of benzene rings is 2. The molecule has 0 aliphatic carbocycles. The van der Waals surface area contributed by atoms with E-state index in [1.165, 1.54) is 0 Å². The summed E-state index contributed by atoms with van der Waals surface area (Å²) in [5.41, 5.74) is 1.85. The first-order valence-electron chi connectivity index (χ1n) is 6.04. The maximum atomic E-state index is 9.06. The Balaban J connectivity index is 2.08. The summed E-state index contributed by atoms with van der Waals surface area (Å²) in [6.07, 6.45) is 0. The normalized spacial score (nSPS) is 9.57. The molecule has 2 aromatic carbocycles. The molecule has 0 atom stereocenters. The fraction of sp³-hybridized carbons (Fsp3) is 0.0667. The largest absolute Gasteiger partial charge is 0.497 e. The Hall–Kier alpha value is -2.29. The van der Waals surface area contributed by atoms with Crippen LogP contribution >= 0.6 is 23.8 Å². The second-order valence-electron chi connectivity index (χ2n) is 4.11. The van der Waals surface area contributed by atoms with E-state index >= 15 is 0 Å². The highest BCUT2D eigenvalue weighted by Gasteiger charge is 2.05. The number of nitriles is 1. The lowest BCUT2D eigenvalue weighted by molar-refractivity contribution is 0.415. The zero-order valence-electron chi connectivity index (χ0n) is 11.2. The Morgan fingerprint density at radius 1 is 1.19 bits per heavy atom. The van der Waals surface area contributed by atoms with Gasteiger partial charge in [0.2, 0.25) is 0 Å². The first kappa shape index (κ1) is 15.1. The van der Waals surface area contributed by atoms with E-state index in [2.05, 4.69) is 16.7 Å². The van der Waals surface area contributed by atoms with Gasteiger partial charge in [0, 0.05) is 10.7 Å². The van der Waals surface area contributed by atoms with Crippen molar-refractivity contribution in [2.45, 2.75) is 0 Å². The van der Waals surface area contributed by atoms with Crippen LogP contribution in [-0.2, 0) is 0 Å². The van der Waals surface area contributed by atoms with Crippen molar-refractivity contribution in [3.05, 3.63) is 53.1 Å². The van der Waals surface area contributed by atoms with Crippen LogP contribution < -0.4 is 15.4 Å². The molecule has 0 saturated heterocycles. The minimum Gasteiger partial charge on any atom is -0.497 e. The SMILES string of the molecule is COc1ccc(NC(=S)Nc2cc(Cl)ccc2C#N)cc1. The molecule has 0 unspecified atom stereocenters. The van der Waals surface area contributed by atoms with Crippen LogP contribution in [0, 0.1) is 11.3 Å². The van der Waals surface area contributed by atoms with Crippen LogP contribution in [0.2, 0.25) is 5.02 Å². The highest BCUT2D eigenvalue weighted by molar-refractivity contribution is 7.80. The van der Waals surface area contributed by atoms with Gasteiger partial charge in [-0.15, -0.1) is 0 Å². The first-order chi connectivity index (χ1) is 10.1. The number of hydrogen-bond donors (Lipinski definition) is 2. The highest BCUT2D eigenvalue weighted by Crippen LogP contribution is 2.21. The summed E-state index contributed by atoms with van der Waals surface area (Å²) in [6.45, 7) is 0. The fourth-order valence-electron chi connectivity index (χ4n) is 1.68. The third-order valence-corrected chi connectivity index (χ3v) is 3.14. The van der Waals surface area contributed by atoms with Crippen LogP contribution in [0.25, 0.3) is 0 Å². The Morgan fingerprint density at radius 2 is 1.90 bits per heavy atom. The average molecular weight is 318 g/mol. The van der Waals surface area contributed by atoms with Crippen molar-refractivity contribution in [2.24, 2.45) is 0 Å². The summed E-state index contributed by atoms with van der Waals surface area (Å²) >= 11 is 11.1. The lowest BCUT2D eigenvalue weighted by Gasteiger charge is -2.12. The molecule has 0 aliphatic rings. The van der Waals surface area contributed by atoms with Crippen LogP contribution in [0.3, 0.4) is 0 Å². The standard InChI is InChI=1S/C15H12ClN3OS/c1-20-13-6-4-12(5-7-13)18-15(21)19-14-8-11(16)3-2-10(14)9-17/h2-8H,1H3,(H2,18,19,21). The summed E-state index contributed by atoms with van der Waals surface area (Å²) < 4.78 is 5.09. The van der Waals surface area contributed by atoms with Crippen LogP contribution in [0.5, 0.6) is 5.75 Å². The maximum Gasteiger partial charge on any atom is 0.175 e. The van der Waals surface area contributed by atoms with Gasteiger partial charge in [0.1, 0.15) is 11.8 Å². The third kappa shape index (κ3) is 4.09. The summed E-state index contributed by atoms with van der Waals surface area (Å²) in [5, 5.41) is 16.0. The van der Waals surface area contributed by atoms with Crippen molar-refractivity contribution in [3.8, 4) is 11.8 Å². The van der Waals surface area contributed by atoms with Gasteiger partial charge in [0.25, 0.3) is 0 Å². The molecule has 21 heavy (non-hydrogen) atoms. The minimum absolute atomic E-state index is 0.374. The zero-order chi connectivity index (χ0) is 15.2. The molecule has 106 valence electrons. The molecule has 0 amide bonds. The fourth-order valence-corrected chi connectivity index (χ4v) is 2.08. The lowest BCUT2D eigenvalue weighted by atomic mass is 10.2. The van der Waals surface area contributed by atoms with Crippen LogP contribution in [-0.4, -0.2) is 12.2 Å². The number of anilines is 2. The van der Waals surface area contributed by atoms with Gasteiger partial charge in [-0.2, -0.15) is 5.26 Å². The van der Waals surface area contributed by atoms with Crippen molar-refractivity contribution in [2.75, 3.05) is 17.7 Å². The molecular formula is C15H12ClN3OS. The van der Waals surface area contributed by atoms with Crippen LogP contribution in [0.4, 0.5) is 11.4 Å². The van der Waals surface area contributed by atoms with Gasteiger partial charge < -0.3 is 15.4 Å². The molecule has 0 saturated carbocycles. The third-order valence-electron chi connectivity index (χ3n) is 2.70. The summed E-state index contributed by atoms with van der Waals surface area (Å²) in [4.78, 5) is 0. The van der Waals surface area contributed by atoms with E-state index in [-0.39, 0.29) is 0 Å². The quantitative estimate of drug-likeness (QED) is 0.837. The molecular weight excluding hydrogens is 306 g/mol. The van der Waals surface area contributed by atoms with Gasteiger partial charge >= 0.3 is 0 Å². The molecule has 0 spiro atoms. The number of thiocarbonyl (C=S) groups is 1. The molecule has 0 aliphatic heterocycles. The number of nitrogens with zero attached hydrogens (tertiary/aromatic N) is 1. The van der Waals surface area contributed by atoms with Crippen molar-refractivity contribution in [1.82, 2.24) is 0 Å². The first-order valence-corrected chi connectivity index (χ1v) is 6.82. The second kappa shape index (κ2) is 6.93. The average Bonchev–Trinajstić information content (AvgIpc) is 2.48. The highest BCUT2D eigenvalue weighted by atomic mass is 35.5. The Morgan fingerprint density at radius 3 is 2.52 bits per heavy atom. The van der Waals surface area contributed by atoms with Gasteiger partial charge in [-0.1, -0.05) is 11.6 Å². The zero-order valence-corrected chi connectivity index (χ0v) is 12.8. The smallest absolute Gasteiger partial charge is 0.175 e. The van der Waals surface area contributed by atoms with Gasteiger partial charge in [-0.25, -0.2) is 0 Å². The molecule has 2 N–H and O–H groups in total. The van der Waals surface area contributed by atoms with E-state index in [9.17, 15) is 0 Å². The van der Waals surface area contributed by atoms with E-state index in [0.717, 1.165) is 11.4 Å². The van der Waals surface area contributed by atoms with Crippen molar-refractivity contribution in [1.29, 1.82) is 5.26 Å². The molecule has 2 aromatic rings. The number of methoxy groups -OCH3 is 1. The molecule has 0 fully saturated rings. The summed E-state index contributed by atoms with van der Waals surface area (Å²) in [6, 6.07) is 14.4. The van der Waals surface area contributed by atoms with Gasteiger partial charge in [-0.05, 0) is 54.7 Å². The summed E-state index contributed by atoms with van der Waals surface area (Å²) in [5.74, 6) is 0.765. The van der Waals surface area contributed by atoms with Crippen LogP contribution in [0.15, 0.2) is 42.5 Å². The Labute approximate surface area is 133 Å². The van der Waals surface area contributed by atoms with E-state index in [0.29, 0.717) is 21.4 Å². The van der Waals surface area contributed by atoms with Crippen molar-refractivity contribution in [3.63, 3.8) is 0 Å². The molecule has 0 bridgehead atoms. The maximum absolute atomic E-state index is 9.06. The van der Waals surface area contributed by atoms with E-state index in [4.69, 9.17) is 33.8 Å². The number of rotatable bonds is 3. The predicted molar refractivity (Wildman–Crippen MR) is 89.0 cm³/mol. The van der Waals surface area contributed by atoms with Crippen LogP contribution in [0.1, 0.15) is 5.56 Å². The number of hydrogen-bond acceptors (Lipinski definition) is 3. The Bertz CT molecular complexity index is 695. The minimum atomic E-state index is 0.374. The van der Waals surface area contributed by atoms with E-state index < -0.39 is 0 Å². The monoisotopic (exact) mass is 317 g/mol. The lowest BCUT2D eigenvalue weighted by Crippen LogP contribution is -2.19. The topological polar surface area (TPSA) is 57.1 Å². The van der Waals surface area contributed by atoms with Crippen molar-refractivity contribution < 1.29 is 4.74 Å². The van der Waals surface area contributed by atoms with Gasteiger partial charge in [-0.3, -0.25) is 0 Å². The van der Waals surface area contributed by atoms with Crippen molar-refractivity contribution >= 4 is 40.3 Å². The number of ether oxygens (including phenoxy) is 1. The molecule has 2 rings (SSSR count). The summed E-state index contributed by atoms with van der Waals surface area (Å²) in [7, 11) is 1.61. The Kier molecular flexibility index (Phi) is 4.99. The molecule has 0 heterocycles. The predicted octanol–water partition coefficient (Wildman–Crippen LogP) is 4.03. The number of nitrogens with one attached hydrogen (secondary N) is 2.